The van der Waals surface area contributed by atoms with Crippen molar-refractivity contribution in [2.75, 3.05) is 6.61 Å². The van der Waals surface area contributed by atoms with Crippen LogP contribution < -0.4 is 11.2 Å². The van der Waals surface area contributed by atoms with Gasteiger partial charge < -0.3 is 0 Å². The van der Waals surface area contributed by atoms with Gasteiger partial charge in [0.15, 0.2) is 0 Å². The van der Waals surface area contributed by atoms with Crippen molar-refractivity contribution in [1.29, 1.82) is 0 Å². The number of rotatable bonds is 2. The molecule has 82 valence electrons. The number of hydrogen-bond acceptors (Lipinski definition) is 3. The maximum atomic E-state index is 11.5. The summed E-state index contributed by atoms with van der Waals surface area (Å²) in [6, 6.07) is 1.36. The van der Waals surface area contributed by atoms with Crippen LogP contribution in [0.2, 0.25) is 4.82 Å². The number of aromatic amines is 1. The zero-order chi connectivity index (χ0) is 10.8. The van der Waals surface area contributed by atoms with Crippen molar-refractivity contribution < 1.29 is 5.11 Å². The van der Waals surface area contributed by atoms with Gasteiger partial charge in [-0.25, -0.2) is 0 Å². The predicted molar refractivity (Wildman–Crippen MR) is 56.2 cm³/mol. The average Bonchev–Trinajstić information content (AvgIpc) is 2.66. The van der Waals surface area contributed by atoms with E-state index >= 15 is 0 Å². The van der Waals surface area contributed by atoms with E-state index in [1.165, 1.54) is 6.07 Å². The molecule has 1 fully saturated rings. The second-order valence-electron chi connectivity index (χ2n) is 3.49. The summed E-state index contributed by atoms with van der Waals surface area (Å²) in [6.45, 7) is 0.203. The molecule has 15 heavy (non-hydrogen) atoms. The van der Waals surface area contributed by atoms with E-state index in [-0.39, 0.29) is 37.8 Å². The van der Waals surface area contributed by atoms with Crippen LogP contribution >= 0.6 is 0 Å². The Bertz CT molecular complexity index is 453. The van der Waals surface area contributed by atoms with Crippen molar-refractivity contribution in [3.63, 3.8) is 0 Å². The molecule has 1 saturated heterocycles. The Morgan fingerprint density at radius 2 is 2.33 bits per heavy atom. The number of aliphatic hydroxyl groups excluding tert-OH is 1. The van der Waals surface area contributed by atoms with Crippen molar-refractivity contribution in [3.05, 3.63) is 33.1 Å². The first-order chi connectivity index (χ1) is 7.20. The third-order valence-corrected chi connectivity index (χ3v) is 5.70. The first-order valence-corrected chi connectivity index (χ1v) is 6.76. The van der Waals surface area contributed by atoms with Crippen LogP contribution in [0.15, 0.2) is 21.9 Å². The molecule has 1 aromatic heterocycles. The van der Waals surface area contributed by atoms with Crippen LogP contribution in [-0.2, 0) is 0 Å². The van der Waals surface area contributed by atoms with Gasteiger partial charge in [0.05, 0.1) is 0 Å². The molecule has 0 radical (unpaired) electrons. The fraction of sp³-hybridized carbons (Fsp3) is 0.556. The molecule has 1 aliphatic rings. The Kier molecular flexibility index (Phi) is 3.09. The van der Waals surface area contributed by atoms with Gasteiger partial charge in [0.25, 0.3) is 0 Å². The first kappa shape index (κ1) is 10.7. The second-order valence-corrected chi connectivity index (χ2v) is 6.60. The van der Waals surface area contributed by atoms with E-state index in [0.717, 1.165) is 12.8 Å². The molecule has 0 saturated carbocycles. The van der Waals surface area contributed by atoms with Crippen molar-refractivity contribution in [1.82, 2.24) is 9.55 Å². The molecule has 6 heteroatoms. The van der Waals surface area contributed by atoms with Crippen molar-refractivity contribution >= 4 is 15.0 Å². The number of H-pyrrole nitrogens is 1. The van der Waals surface area contributed by atoms with Gasteiger partial charge in [0.1, 0.15) is 0 Å². The van der Waals surface area contributed by atoms with Gasteiger partial charge in [0.2, 0.25) is 0 Å². The van der Waals surface area contributed by atoms with Gasteiger partial charge in [-0.1, -0.05) is 0 Å². The summed E-state index contributed by atoms with van der Waals surface area (Å²) in [5, 5.41) is 9.01. The van der Waals surface area contributed by atoms with E-state index in [0.29, 0.717) is 4.82 Å². The van der Waals surface area contributed by atoms with Crippen molar-refractivity contribution in [3.8, 4) is 0 Å². The molecule has 0 aromatic carbocycles. The van der Waals surface area contributed by atoms with Gasteiger partial charge in [-0.3, -0.25) is 0 Å². The Hall–Kier alpha value is -0.841. The van der Waals surface area contributed by atoms with Gasteiger partial charge in [-0.15, -0.1) is 0 Å². The Morgan fingerprint density at radius 3 is 2.93 bits per heavy atom. The second kappa shape index (κ2) is 4.35. The predicted octanol–water partition coefficient (Wildman–Crippen LogP) is -0.686. The zero-order valence-corrected chi connectivity index (χ0v) is 9.76. The van der Waals surface area contributed by atoms with Crippen LogP contribution in [0.25, 0.3) is 0 Å². The number of hydrogen-bond donors (Lipinski definition) is 2. The van der Waals surface area contributed by atoms with Crippen LogP contribution in [0.5, 0.6) is 0 Å². The Labute approximate surface area is 92.3 Å². The van der Waals surface area contributed by atoms with Crippen molar-refractivity contribution in [2.45, 2.75) is 22.6 Å². The molecule has 1 aromatic rings. The molecule has 2 N–H and O–H groups in total. The van der Waals surface area contributed by atoms with E-state index < -0.39 is 0 Å². The molecule has 0 bridgehead atoms. The summed E-state index contributed by atoms with van der Waals surface area (Å²) in [7, 11) is 0. The molecule has 0 aliphatic carbocycles. The SMILES string of the molecule is O=c1ccn(C2CC[C@@H](CO)[Se]2)c(=O)[nH]1. The quantitative estimate of drug-likeness (QED) is 0.702. The summed E-state index contributed by atoms with van der Waals surface area (Å²) in [6.07, 6.45) is 3.43. The van der Waals surface area contributed by atoms with Crippen LogP contribution in [0.1, 0.15) is 17.8 Å². The molecule has 2 atom stereocenters. The normalized spacial score (nSPS) is 25.7. The molecular formula is C9H12N2O3Se. The molecule has 1 aliphatic heterocycles. The number of aliphatic hydroxyl groups is 1. The van der Waals surface area contributed by atoms with E-state index in [4.69, 9.17) is 5.11 Å². The van der Waals surface area contributed by atoms with E-state index in [9.17, 15) is 9.59 Å². The third-order valence-electron chi connectivity index (χ3n) is 2.45. The van der Waals surface area contributed by atoms with Gasteiger partial charge >= 0.3 is 91.9 Å². The van der Waals surface area contributed by atoms with E-state index in [1.54, 1.807) is 10.8 Å². The number of nitrogens with zero attached hydrogens (tertiary/aromatic N) is 1. The van der Waals surface area contributed by atoms with Crippen LogP contribution in [0.4, 0.5) is 0 Å². The molecule has 5 nitrogen and oxygen atoms in total. The molecule has 0 spiro atoms. The fourth-order valence-electron chi connectivity index (χ4n) is 1.68. The Balaban J connectivity index is 2.24. The van der Waals surface area contributed by atoms with Crippen LogP contribution in [0, 0.1) is 0 Å². The van der Waals surface area contributed by atoms with Gasteiger partial charge in [-0.2, -0.15) is 0 Å². The molecule has 0 amide bonds. The summed E-state index contributed by atoms with van der Waals surface area (Å²) in [5.74, 6) is 0. The maximum absolute atomic E-state index is 11.5. The van der Waals surface area contributed by atoms with Gasteiger partial charge in [0, 0.05) is 0 Å². The standard InChI is InChI=1S/C9H12N2O3Se/c12-5-6-1-2-8(15-6)11-4-3-7(13)10-9(11)14/h3-4,6,8,12H,1-2,5H2,(H,10,13,14)/t6-,8?/m0/s1. The average molecular weight is 275 g/mol. The number of nitrogens with one attached hydrogen (secondary N) is 1. The zero-order valence-electron chi connectivity index (χ0n) is 8.05. The Morgan fingerprint density at radius 1 is 1.53 bits per heavy atom. The minimum absolute atomic E-state index is 0.180. The summed E-state index contributed by atoms with van der Waals surface area (Å²) in [4.78, 5) is 25.1. The molecular weight excluding hydrogens is 263 g/mol. The number of aromatic nitrogens is 2. The minimum atomic E-state index is -0.361. The monoisotopic (exact) mass is 276 g/mol. The van der Waals surface area contributed by atoms with E-state index in [2.05, 4.69) is 4.98 Å². The third kappa shape index (κ3) is 2.22. The summed E-state index contributed by atoms with van der Waals surface area (Å²) < 4.78 is 1.58. The van der Waals surface area contributed by atoms with E-state index in [1.807, 2.05) is 0 Å². The summed E-state index contributed by atoms with van der Waals surface area (Å²) >= 11 is 0.233. The van der Waals surface area contributed by atoms with Crippen LogP contribution in [-0.4, -0.2) is 36.2 Å². The first-order valence-electron chi connectivity index (χ1n) is 4.78. The molecule has 1 unspecified atom stereocenters. The van der Waals surface area contributed by atoms with Crippen LogP contribution in [0.3, 0.4) is 0 Å². The molecule has 2 heterocycles. The van der Waals surface area contributed by atoms with Gasteiger partial charge in [-0.05, 0) is 0 Å². The fourth-order valence-corrected chi connectivity index (χ4v) is 4.56. The summed E-state index contributed by atoms with van der Waals surface area (Å²) in [5.41, 5.74) is -0.701. The molecule has 2 rings (SSSR count). The topological polar surface area (TPSA) is 75.1 Å². The van der Waals surface area contributed by atoms with Crippen molar-refractivity contribution in [2.24, 2.45) is 0 Å².